The van der Waals surface area contributed by atoms with E-state index in [9.17, 15) is 13.2 Å². The van der Waals surface area contributed by atoms with Gasteiger partial charge in [0.1, 0.15) is 0 Å². The first kappa shape index (κ1) is 19.4. The third kappa shape index (κ3) is 3.60. The summed E-state index contributed by atoms with van der Waals surface area (Å²) in [6, 6.07) is 8.31. The van der Waals surface area contributed by atoms with Gasteiger partial charge in [-0.1, -0.05) is 22.9 Å². The van der Waals surface area contributed by atoms with Crippen LogP contribution in [0.3, 0.4) is 0 Å². The van der Waals surface area contributed by atoms with Crippen molar-refractivity contribution in [2.45, 2.75) is 38.5 Å². The van der Waals surface area contributed by atoms with E-state index in [4.69, 9.17) is 4.52 Å². The van der Waals surface area contributed by atoms with Gasteiger partial charge < -0.3 is 9.42 Å². The number of anilines is 1. The molecule has 0 saturated carbocycles. The fraction of sp³-hybridized carbons (Fsp3) is 0.333. The van der Waals surface area contributed by atoms with Gasteiger partial charge in [-0.05, 0) is 62.9 Å². The Labute approximate surface area is 169 Å². The van der Waals surface area contributed by atoms with Crippen molar-refractivity contribution in [3.8, 4) is 0 Å². The molecule has 152 valence electrons. The second-order valence-corrected chi connectivity index (χ2v) is 9.25. The number of likely N-dealkylation sites (tertiary alicyclic amines) is 1. The van der Waals surface area contributed by atoms with Crippen LogP contribution >= 0.6 is 0 Å². The molecule has 2 aromatic carbocycles. The van der Waals surface area contributed by atoms with Crippen molar-refractivity contribution in [3.05, 3.63) is 52.7 Å². The van der Waals surface area contributed by atoms with Crippen LogP contribution in [-0.2, 0) is 10.0 Å². The van der Waals surface area contributed by atoms with Crippen LogP contribution in [0, 0.1) is 20.8 Å². The molecule has 0 atom stereocenters. The Morgan fingerprint density at radius 2 is 1.72 bits per heavy atom. The van der Waals surface area contributed by atoms with E-state index in [1.165, 1.54) is 18.2 Å². The Balaban J connectivity index is 1.72. The van der Waals surface area contributed by atoms with E-state index in [-0.39, 0.29) is 16.5 Å². The maximum absolute atomic E-state index is 13.0. The summed E-state index contributed by atoms with van der Waals surface area (Å²) in [5.41, 5.74) is 3.87. The molecule has 1 aliphatic rings. The number of carbonyl (C=O) groups excluding carboxylic acids is 1. The topological polar surface area (TPSA) is 92.5 Å². The molecule has 0 bridgehead atoms. The van der Waals surface area contributed by atoms with Crippen LogP contribution in [0.15, 0.2) is 39.8 Å². The molecule has 4 rings (SSSR count). The van der Waals surface area contributed by atoms with Gasteiger partial charge in [-0.15, -0.1) is 0 Å². The molecule has 1 aliphatic heterocycles. The van der Waals surface area contributed by atoms with Crippen LogP contribution in [0.4, 0.5) is 5.69 Å². The summed E-state index contributed by atoms with van der Waals surface area (Å²) in [5, 5.41) is 4.31. The smallest absolute Gasteiger partial charge is 0.276 e. The molecule has 0 unspecified atom stereocenters. The molecule has 1 aromatic heterocycles. The van der Waals surface area contributed by atoms with E-state index < -0.39 is 10.0 Å². The lowest BCUT2D eigenvalue weighted by Gasteiger charge is -2.15. The van der Waals surface area contributed by atoms with E-state index in [1.54, 1.807) is 4.90 Å². The number of benzene rings is 2. The first-order valence-electron chi connectivity index (χ1n) is 9.55. The predicted octanol–water partition coefficient (Wildman–Crippen LogP) is 3.79. The van der Waals surface area contributed by atoms with Crippen LogP contribution in [0.2, 0.25) is 0 Å². The Morgan fingerprint density at radius 1 is 1.07 bits per heavy atom. The Bertz CT molecular complexity index is 1180. The molecule has 3 aromatic rings. The van der Waals surface area contributed by atoms with Gasteiger partial charge in [0.2, 0.25) is 0 Å². The number of sulfonamides is 1. The van der Waals surface area contributed by atoms with Gasteiger partial charge in [-0.3, -0.25) is 9.52 Å². The van der Waals surface area contributed by atoms with E-state index in [2.05, 4.69) is 9.88 Å². The zero-order chi connectivity index (χ0) is 20.8. The number of aromatic nitrogens is 1. The largest absolute Gasteiger partial charge is 0.355 e. The minimum atomic E-state index is -3.85. The van der Waals surface area contributed by atoms with Crippen molar-refractivity contribution in [2.24, 2.45) is 0 Å². The molecule has 1 amide bonds. The maximum atomic E-state index is 13.0. The summed E-state index contributed by atoms with van der Waals surface area (Å²) in [7, 11) is -3.85. The lowest BCUT2D eigenvalue weighted by molar-refractivity contribution is 0.0784. The minimum absolute atomic E-state index is 0.0584. The number of carbonyl (C=O) groups is 1. The second kappa shape index (κ2) is 7.18. The molecular weight excluding hydrogens is 390 g/mol. The molecule has 1 N–H and O–H groups in total. The zero-order valence-electron chi connectivity index (χ0n) is 16.7. The average molecular weight is 413 g/mol. The summed E-state index contributed by atoms with van der Waals surface area (Å²) < 4.78 is 34.0. The molecule has 1 saturated heterocycles. The minimum Gasteiger partial charge on any atom is -0.355 e. The number of rotatable bonds is 4. The summed E-state index contributed by atoms with van der Waals surface area (Å²) in [5.74, 6) is -0.228. The van der Waals surface area contributed by atoms with Gasteiger partial charge >= 0.3 is 0 Å². The first-order valence-corrected chi connectivity index (χ1v) is 11.0. The highest BCUT2D eigenvalue weighted by atomic mass is 32.2. The summed E-state index contributed by atoms with van der Waals surface area (Å²) >= 11 is 0. The fourth-order valence-electron chi connectivity index (χ4n) is 3.84. The number of nitrogens with one attached hydrogen (secondary N) is 1. The van der Waals surface area contributed by atoms with Gasteiger partial charge in [0.25, 0.3) is 15.9 Å². The molecule has 0 spiro atoms. The summed E-state index contributed by atoms with van der Waals surface area (Å²) in [4.78, 5) is 14.5. The lowest BCUT2D eigenvalue weighted by atomic mass is 10.1. The Morgan fingerprint density at radius 3 is 2.38 bits per heavy atom. The standard InChI is InChI=1S/C21H23N3O4S/c1-13-10-14(2)19(15(3)11-13)23-29(26,27)16-6-7-18-17(12-16)20(22-28-18)21(25)24-8-4-5-9-24/h6-7,10-12,23H,4-5,8-9H2,1-3H3. The number of fused-ring (bicyclic) bond motifs is 1. The molecule has 7 nitrogen and oxygen atoms in total. The Hall–Kier alpha value is -2.87. The molecular formula is C21H23N3O4S. The van der Waals surface area contributed by atoms with Gasteiger partial charge in [0.15, 0.2) is 11.3 Å². The lowest BCUT2D eigenvalue weighted by Crippen LogP contribution is -2.28. The normalized spacial score (nSPS) is 14.5. The fourth-order valence-corrected chi connectivity index (χ4v) is 5.07. The highest BCUT2D eigenvalue weighted by molar-refractivity contribution is 7.92. The van der Waals surface area contributed by atoms with Gasteiger partial charge in [0.05, 0.1) is 16.0 Å². The molecule has 8 heteroatoms. The van der Waals surface area contributed by atoms with Gasteiger partial charge in [-0.25, -0.2) is 8.42 Å². The van der Waals surface area contributed by atoms with E-state index in [0.717, 1.165) is 29.5 Å². The Kier molecular flexibility index (Phi) is 4.82. The van der Waals surface area contributed by atoms with Crippen LogP contribution in [0.5, 0.6) is 0 Å². The SMILES string of the molecule is Cc1cc(C)c(NS(=O)(=O)c2ccc3onc(C(=O)N4CCCC4)c3c2)c(C)c1. The number of amides is 1. The molecule has 29 heavy (non-hydrogen) atoms. The van der Waals surface area contributed by atoms with Crippen molar-refractivity contribution < 1.29 is 17.7 Å². The third-order valence-corrected chi connectivity index (χ3v) is 6.61. The van der Waals surface area contributed by atoms with Crippen molar-refractivity contribution in [1.29, 1.82) is 0 Å². The maximum Gasteiger partial charge on any atom is 0.276 e. The summed E-state index contributed by atoms with van der Waals surface area (Å²) in [6.45, 7) is 7.07. The van der Waals surface area contributed by atoms with Crippen LogP contribution in [-0.4, -0.2) is 37.5 Å². The average Bonchev–Trinajstić information content (AvgIpc) is 3.33. The molecule has 0 radical (unpaired) electrons. The van der Waals surface area contributed by atoms with E-state index >= 15 is 0 Å². The number of hydrogen-bond acceptors (Lipinski definition) is 5. The van der Waals surface area contributed by atoms with Crippen LogP contribution in [0.25, 0.3) is 11.0 Å². The summed E-state index contributed by atoms with van der Waals surface area (Å²) in [6.07, 6.45) is 1.92. The van der Waals surface area contributed by atoms with Gasteiger partial charge in [-0.2, -0.15) is 0 Å². The molecule has 2 heterocycles. The third-order valence-electron chi connectivity index (χ3n) is 5.26. The quantitative estimate of drug-likeness (QED) is 0.702. The first-order chi connectivity index (χ1) is 13.8. The zero-order valence-corrected chi connectivity index (χ0v) is 17.5. The van der Waals surface area contributed by atoms with E-state index in [1.807, 2.05) is 32.9 Å². The van der Waals surface area contributed by atoms with Crippen molar-refractivity contribution in [3.63, 3.8) is 0 Å². The van der Waals surface area contributed by atoms with Crippen molar-refractivity contribution in [1.82, 2.24) is 10.1 Å². The predicted molar refractivity (Wildman–Crippen MR) is 111 cm³/mol. The number of hydrogen-bond donors (Lipinski definition) is 1. The molecule has 1 fully saturated rings. The van der Waals surface area contributed by atoms with Crippen LogP contribution < -0.4 is 4.72 Å². The van der Waals surface area contributed by atoms with Crippen molar-refractivity contribution in [2.75, 3.05) is 17.8 Å². The highest BCUT2D eigenvalue weighted by Crippen LogP contribution is 2.28. The highest BCUT2D eigenvalue weighted by Gasteiger charge is 2.26. The molecule has 0 aliphatic carbocycles. The van der Waals surface area contributed by atoms with Gasteiger partial charge in [0, 0.05) is 13.1 Å². The number of nitrogens with zero attached hydrogens (tertiary/aromatic N) is 2. The van der Waals surface area contributed by atoms with Crippen LogP contribution in [0.1, 0.15) is 40.0 Å². The van der Waals surface area contributed by atoms with E-state index in [0.29, 0.717) is 29.7 Å². The number of aryl methyl sites for hydroxylation is 3. The second-order valence-electron chi connectivity index (χ2n) is 7.57. The monoisotopic (exact) mass is 413 g/mol. The van der Waals surface area contributed by atoms with Crippen molar-refractivity contribution >= 4 is 32.6 Å².